The first-order valence-electron chi connectivity index (χ1n) is 15.0. The lowest BCUT2D eigenvalue weighted by Gasteiger charge is -2.36. The fraction of sp³-hybridized carbons (Fsp3) is 0.394. The Morgan fingerprint density at radius 1 is 1.05 bits per heavy atom. The van der Waals surface area contributed by atoms with Gasteiger partial charge in [-0.05, 0) is 81.7 Å². The van der Waals surface area contributed by atoms with Gasteiger partial charge in [0.1, 0.15) is 18.1 Å². The number of benzene rings is 1. The molecule has 1 unspecified atom stereocenters. The number of ether oxygens (including phenoxy) is 3. The minimum atomic E-state index is -0.343. The molecule has 2 atom stereocenters. The largest absolute Gasteiger partial charge is 0.471 e. The highest BCUT2D eigenvalue weighted by molar-refractivity contribution is 5.93. The number of carbonyl (C=O) groups is 1. The van der Waals surface area contributed by atoms with Gasteiger partial charge in [0.2, 0.25) is 5.88 Å². The maximum atomic E-state index is 12.2. The number of piperidine rings is 1. The molecule has 1 aromatic carbocycles. The minimum Gasteiger partial charge on any atom is -0.471 e. The Hall–Kier alpha value is -4.28. The van der Waals surface area contributed by atoms with Crippen LogP contribution in [0.4, 0.5) is 0 Å². The molecule has 4 aromatic heterocycles. The fourth-order valence-electron chi connectivity index (χ4n) is 6.22. The third-order valence-corrected chi connectivity index (χ3v) is 8.78. The van der Waals surface area contributed by atoms with E-state index < -0.39 is 0 Å². The van der Waals surface area contributed by atoms with E-state index in [4.69, 9.17) is 24.2 Å². The number of rotatable bonds is 9. The molecule has 0 spiro atoms. The fourth-order valence-corrected chi connectivity index (χ4v) is 6.22. The summed E-state index contributed by atoms with van der Waals surface area (Å²) in [5.74, 6) is 1.66. The third-order valence-electron chi connectivity index (χ3n) is 8.78. The highest BCUT2D eigenvalue weighted by Crippen LogP contribution is 2.34. The molecular formula is C33H36N6O4. The predicted octanol–water partition coefficient (Wildman–Crippen LogP) is 5.17. The molecule has 0 aliphatic carbocycles. The number of carbonyl (C=O) groups excluding carboxylic acids is 1. The smallest absolute Gasteiger partial charge is 0.337 e. The van der Waals surface area contributed by atoms with E-state index in [-0.39, 0.29) is 18.1 Å². The molecule has 43 heavy (non-hydrogen) atoms. The first-order chi connectivity index (χ1) is 21.1. The van der Waals surface area contributed by atoms with Crippen LogP contribution in [-0.4, -0.2) is 67.9 Å². The zero-order valence-electron chi connectivity index (χ0n) is 24.6. The second-order valence-corrected chi connectivity index (χ2v) is 11.4. The van der Waals surface area contributed by atoms with Crippen molar-refractivity contribution in [3.05, 3.63) is 89.6 Å². The molecular weight excluding hydrogens is 544 g/mol. The first kappa shape index (κ1) is 27.5. The molecule has 5 aromatic rings. The molecule has 0 amide bonds. The summed E-state index contributed by atoms with van der Waals surface area (Å²) in [7, 11) is 1.41. The van der Waals surface area contributed by atoms with Gasteiger partial charge in [-0.3, -0.25) is 4.90 Å². The number of methoxy groups -OCH3 is 1. The number of imidazole rings is 1. The first-order valence-corrected chi connectivity index (χ1v) is 15.0. The van der Waals surface area contributed by atoms with Crippen LogP contribution in [-0.2, 0) is 22.6 Å². The van der Waals surface area contributed by atoms with E-state index in [0.717, 1.165) is 79.3 Å². The molecule has 7 rings (SSSR count). The summed E-state index contributed by atoms with van der Waals surface area (Å²) in [6.07, 6.45) is 5.15. The summed E-state index contributed by atoms with van der Waals surface area (Å²) in [4.78, 5) is 24.7. The summed E-state index contributed by atoms with van der Waals surface area (Å²) in [5.41, 5.74) is 5.35. The summed E-state index contributed by atoms with van der Waals surface area (Å²) in [5, 5.41) is 4.57. The number of likely N-dealkylation sites (tertiary alicyclic amines) is 1. The number of aromatic nitrogens is 5. The molecule has 2 saturated heterocycles. The molecule has 0 bridgehead atoms. The van der Waals surface area contributed by atoms with Crippen LogP contribution in [0, 0.1) is 0 Å². The van der Waals surface area contributed by atoms with E-state index in [0.29, 0.717) is 24.0 Å². The van der Waals surface area contributed by atoms with Crippen molar-refractivity contribution in [2.24, 2.45) is 0 Å². The Kier molecular flexibility index (Phi) is 7.54. The molecule has 0 N–H and O–H groups in total. The van der Waals surface area contributed by atoms with Crippen LogP contribution in [0.1, 0.15) is 65.7 Å². The van der Waals surface area contributed by atoms with Gasteiger partial charge in [0, 0.05) is 30.5 Å². The lowest BCUT2D eigenvalue weighted by molar-refractivity contribution is -0.0594. The quantitative estimate of drug-likeness (QED) is 0.220. The number of esters is 1. The van der Waals surface area contributed by atoms with Crippen molar-refractivity contribution >= 4 is 22.5 Å². The SMILES string of the molecule is COC(=O)c1ccc2nc(C(C)N3CCC(c4cccc(OCc5cc6ccccn6n5)n4)CC3)n(C[C@@H]3CCO3)c2c1. The van der Waals surface area contributed by atoms with E-state index in [9.17, 15) is 4.79 Å². The van der Waals surface area contributed by atoms with Gasteiger partial charge in [-0.1, -0.05) is 12.1 Å². The number of nitrogens with zero attached hydrogens (tertiary/aromatic N) is 6. The monoisotopic (exact) mass is 580 g/mol. The lowest BCUT2D eigenvalue weighted by atomic mass is 9.92. The van der Waals surface area contributed by atoms with Crippen molar-refractivity contribution in [3.63, 3.8) is 0 Å². The topological polar surface area (TPSA) is 96.0 Å². The standard InChI is InChI=1S/C33H36N6O4/c1-22(32-35-29-10-9-24(33(40)41-2)18-30(29)38(32)20-27-13-17-42-27)37-15-11-23(12-16-37)28-7-5-8-31(34-28)43-21-25-19-26-6-3-4-14-39(26)36-25/h3-10,14,18-19,22-23,27H,11-13,15-17,20-21H2,1-2H3/t22?,27-/m0/s1. The molecule has 10 heteroatoms. The van der Waals surface area contributed by atoms with Crippen LogP contribution >= 0.6 is 0 Å². The van der Waals surface area contributed by atoms with Crippen molar-refractivity contribution < 1.29 is 19.0 Å². The van der Waals surface area contributed by atoms with Crippen LogP contribution in [0.3, 0.4) is 0 Å². The van der Waals surface area contributed by atoms with Gasteiger partial charge >= 0.3 is 5.97 Å². The van der Waals surface area contributed by atoms with Crippen molar-refractivity contribution in [1.82, 2.24) is 29.0 Å². The van der Waals surface area contributed by atoms with E-state index in [2.05, 4.69) is 27.6 Å². The average Bonchev–Trinajstić information content (AvgIpc) is 3.62. The molecule has 0 saturated carbocycles. The van der Waals surface area contributed by atoms with E-state index in [1.807, 2.05) is 59.2 Å². The Morgan fingerprint density at radius 3 is 2.67 bits per heavy atom. The highest BCUT2D eigenvalue weighted by atomic mass is 16.5. The average molecular weight is 581 g/mol. The van der Waals surface area contributed by atoms with Gasteiger partial charge in [0.15, 0.2) is 0 Å². The van der Waals surface area contributed by atoms with Crippen LogP contribution < -0.4 is 4.74 Å². The van der Waals surface area contributed by atoms with Gasteiger partial charge in [-0.25, -0.2) is 19.3 Å². The highest BCUT2D eigenvalue weighted by Gasteiger charge is 2.30. The van der Waals surface area contributed by atoms with Crippen LogP contribution in [0.15, 0.2) is 66.9 Å². The van der Waals surface area contributed by atoms with E-state index in [1.165, 1.54) is 7.11 Å². The molecule has 6 heterocycles. The lowest BCUT2D eigenvalue weighted by Crippen LogP contribution is -2.37. The van der Waals surface area contributed by atoms with Crippen molar-refractivity contribution in [1.29, 1.82) is 0 Å². The molecule has 222 valence electrons. The van der Waals surface area contributed by atoms with Crippen molar-refractivity contribution in [2.75, 3.05) is 26.8 Å². The maximum Gasteiger partial charge on any atom is 0.337 e. The normalized spacial score (nSPS) is 18.5. The molecule has 2 aliphatic heterocycles. The second kappa shape index (κ2) is 11.8. The maximum absolute atomic E-state index is 12.2. The number of hydrogen-bond donors (Lipinski definition) is 0. The molecule has 2 aliphatic rings. The Labute approximate surface area is 250 Å². The third kappa shape index (κ3) is 5.60. The van der Waals surface area contributed by atoms with Crippen LogP contribution in [0.25, 0.3) is 16.6 Å². The van der Waals surface area contributed by atoms with Gasteiger partial charge in [-0.15, -0.1) is 0 Å². The van der Waals surface area contributed by atoms with E-state index in [1.54, 1.807) is 6.07 Å². The summed E-state index contributed by atoms with van der Waals surface area (Å²) < 4.78 is 20.9. The molecule has 0 radical (unpaired) electrons. The predicted molar refractivity (Wildman–Crippen MR) is 161 cm³/mol. The second-order valence-electron chi connectivity index (χ2n) is 11.4. The Morgan fingerprint density at radius 2 is 1.91 bits per heavy atom. The van der Waals surface area contributed by atoms with Crippen LogP contribution in [0.2, 0.25) is 0 Å². The molecule has 10 nitrogen and oxygen atoms in total. The zero-order chi connectivity index (χ0) is 29.3. The molecule has 2 fully saturated rings. The van der Waals surface area contributed by atoms with Gasteiger partial charge in [-0.2, -0.15) is 5.10 Å². The van der Waals surface area contributed by atoms with Gasteiger partial charge < -0.3 is 18.8 Å². The van der Waals surface area contributed by atoms with Crippen molar-refractivity contribution in [3.8, 4) is 5.88 Å². The number of pyridine rings is 2. The number of fused-ring (bicyclic) bond motifs is 2. The summed E-state index contributed by atoms with van der Waals surface area (Å²) >= 11 is 0. The summed E-state index contributed by atoms with van der Waals surface area (Å²) in [6.45, 7) is 6.01. The van der Waals surface area contributed by atoms with Crippen molar-refractivity contribution in [2.45, 2.75) is 57.4 Å². The van der Waals surface area contributed by atoms with Gasteiger partial charge in [0.05, 0.1) is 47.9 Å². The Balaban J connectivity index is 1.03. The zero-order valence-corrected chi connectivity index (χ0v) is 24.6. The van der Waals surface area contributed by atoms with Gasteiger partial charge in [0.25, 0.3) is 0 Å². The minimum absolute atomic E-state index is 0.114. The van der Waals surface area contributed by atoms with Crippen LogP contribution in [0.5, 0.6) is 5.88 Å². The Bertz CT molecular complexity index is 1720. The summed E-state index contributed by atoms with van der Waals surface area (Å²) in [6, 6.07) is 19.8. The number of hydrogen-bond acceptors (Lipinski definition) is 8. The van der Waals surface area contributed by atoms with E-state index >= 15 is 0 Å².